The lowest BCUT2D eigenvalue weighted by molar-refractivity contribution is 0.212. The van der Waals surface area contributed by atoms with Crippen LogP contribution in [0.5, 0.6) is 0 Å². The Kier molecular flexibility index (Phi) is 5.60. The second-order valence-electron chi connectivity index (χ2n) is 7.78. The van der Waals surface area contributed by atoms with Crippen LogP contribution in [0.15, 0.2) is 73.3 Å². The first-order valence-corrected chi connectivity index (χ1v) is 10.7. The third kappa shape index (κ3) is 3.89. The van der Waals surface area contributed by atoms with Gasteiger partial charge in [0.25, 0.3) is 0 Å². The van der Waals surface area contributed by atoms with Crippen LogP contribution in [0.25, 0.3) is 11.2 Å². The molecule has 31 heavy (non-hydrogen) atoms. The van der Waals surface area contributed by atoms with E-state index >= 15 is 0 Å². The summed E-state index contributed by atoms with van der Waals surface area (Å²) in [4.78, 5) is 18.3. The highest BCUT2D eigenvalue weighted by atomic mass is 16.3. The smallest absolute Gasteiger partial charge is 0.165 e. The van der Waals surface area contributed by atoms with Crippen LogP contribution in [0.2, 0.25) is 0 Å². The number of hydrogen-bond acceptors (Lipinski definition) is 6. The molecular formula is C24H26N6O. The number of nitrogens with zero attached hydrogens (tertiary/aromatic N) is 6. The van der Waals surface area contributed by atoms with Crippen LogP contribution in [0, 0.1) is 0 Å². The summed E-state index contributed by atoms with van der Waals surface area (Å²) in [6.45, 7) is 4.14. The van der Waals surface area contributed by atoms with Gasteiger partial charge in [-0.15, -0.1) is 0 Å². The summed E-state index contributed by atoms with van der Waals surface area (Å²) in [6.07, 6.45) is 3.33. The Morgan fingerprint density at radius 1 is 0.806 bits per heavy atom. The van der Waals surface area contributed by atoms with Gasteiger partial charge in [-0.05, 0) is 11.1 Å². The van der Waals surface area contributed by atoms with Gasteiger partial charge in [0.1, 0.15) is 6.33 Å². The maximum atomic E-state index is 9.28. The minimum absolute atomic E-state index is 0.0594. The number of benzene rings is 2. The number of aromatic nitrogens is 4. The number of fused-ring (bicyclic) bond motifs is 1. The highest BCUT2D eigenvalue weighted by Crippen LogP contribution is 2.31. The SMILES string of the molecule is OCCn1cnc2c(N3CCN(C(c4ccccc4)c4ccccc4)CC3)ncnc21. The molecule has 0 amide bonds. The third-order valence-electron chi connectivity index (χ3n) is 5.93. The van der Waals surface area contributed by atoms with Crippen LogP contribution < -0.4 is 4.90 Å². The topological polar surface area (TPSA) is 70.3 Å². The van der Waals surface area contributed by atoms with E-state index in [2.05, 4.69) is 85.4 Å². The van der Waals surface area contributed by atoms with Gasteiger partial charge in [0.15, 0.2) is 17.0 Å². The van der Waals surface area contributed by atoms with Crippen molar-refractivity contribution in [2.45, 2.75) is 12.6 Å². The van der Waals surface area contributed by atoms with E-state index in [1.54, 1.807) is 12.7 Å². The maximum absolute atomic E-state index is 9.28. The quantitative estimate of drug-likeness (QED) is 0.523. The van der Waals surface area contributed by atoms with E-state index in [0.29, 0.717) is 6.54 Å². The molecule has 1 fully saturated rings. The number of aliphatic hydroxyl groups excluding tert-OH is 1. The first-order valence-electron chi connectivity index (χ1n) is 10.7. The number of aliphatic hydroxyl groups is 1. The molecule has 3 heterocycles. The Hall–Kier alpha value is -3.29. The molecule has 1 saturated heterocycles. The highest BCUT2D eigenvalue weighted by molar-refractivity contribution is 5.83. The van der Waals surface area contributed by atoms with Crippen LogP contribution in [0.3, 0.4) is 0 Å². The van der Waals surface area contributed by atoms with E-state index in [0.717, 1.165) is 43.2 Å². The number of piperazine rings is 1. The standard InChI is InChI=1S/C24H26N6O/c31-16-15-30-18-27-21-23(25-17-26-24(21)30)29-13-11-28(12-14-29)22(19-7-3-1-4-8-19)20-9-5-2-6-10-20/h1-10,17-18,22,31H,11-16H2. The van der Waals surface area contributed by atoms with Gasteiger partial charge < -0.3 is 14.6 Å². The van der Waals surface area contributed by atoms with Crippen LogP contribution in [0.4, 0.5) is 5.82 Å². The van der Waals surface area contributed by atoms with E-state index in [1.165, 1.54) is 11.1 Å². The normalized spacial score (nSPS) is 15.1. The minimum Gasteiger partial charge on any atom is -0.395 e. The molecular weight excluding hydrogens is 388 g/mol. The first-order chi connectivity index (χ1) is 15.3. The minimum atomic E-state index is 0.0594. The Morgan fingerprint density at radius 3 is 2.06 bits per heavy atom. The molecule has 1 aliphatic rings. The number of rotatable bonds is 6. The van der Waals surface area contributed by atoms with Crippen LogP contribution in [-0.2, 0) is 6.54 Å². The zero-order valence-corrected chi connectivity index (χ0v) is 17.4. The average molecular weight is 415 g/mol. The fraction of sp³-hybridized carbons (Fsp3) is 0.292. The molecule has 0 radical (unpaired) electrons. The van der Waals surface area contributed by atoms with Crippen LogP contribution in [-0.4, -0.2) is 62.3 Å². The predicted molar refractivity (Wildman–Crippen MR) is 121 cm³/mol. The number of imidazole rings is 1. The van der Waals surface area contributed by atoms with E-state index in [9.17, 15) is 5.11 Å². The molecule has 0 aliphatic carbocycles. The van der Waals surface area contributed by atoms with Gasteiger partial charge in [0.2, 0.25) is 0 Å². The Balaban J connectivity index is 1.39. The summed E-state index contributed by atoms with van der Waals surface area (Å²) in [5.41, 5.74) is 4.20. The molecule has 158 valence electrons. The van der Waals surface area contributed by atoms with Crippen molar-refractivity contribution in [1.29, 1.82) is 0 Å². The van der Waals surface area contributed by atoms with Crippen molar-refractivity contribution in [2.24, 2.45) is 0 Å². The molecule has 2 aromatic heterocycles. The molecule has 1 N–H and O–H groups in total. The summed E-state index contributed by atoms with van der Waals surface area (Å²) in [5.74, 6) is 0.873. The van der Waals surface area contributed by atoms with Crippen molar-refractivity contribution < 1.29 is 5.11 Å². The van der Waals surface area contributed by atoms with Crippen molar-refractivity contribution in [3.05, 3.63) is 84.4 Å². The molecule has 7 heteroatoms. The lowest BCUT2D eigenvalue weighted by atomic mass is 9.96. The summed E-state index contributed by atoms with van der Waals surface area (Å²) < 4.78 is 1.87. The molecule has 5 rings (SSSR count). The van der Waals surface area contributed by atoms with Crippen LogP contribution >= 0.6 is 0 Å². The van der Waals surface area contributed by atoms with E-state index in [1.807, 2.05) is 4.57 Å². The number of hydrogen-bond donors (Lipinski definition) is 1. The van der Waals surface area contributed by atoms with Crippen molar-refractivity contribution in [3.8, 4) is 0 Å². The van der Waals surface area contributed by atoms with Gasteiger partial charge >= 0.3 is 0 Å². The fourth-order valence-electron chi connectivity index (χ4n) is 4.45. The summed E-state index contributed by atoms with van der Waals surface area (Å²) in [6, 6.07) is 21.7. The Labute approximate surface area is 181 Å². The van der Waals surface area contributed by atoms with Gasteiger partial charge in [0, 0.05) is 32.7 Å². The zero-order chi connectivity index (χ0) is 21.0. The number of anilines is 1. The monoisotopic (exact) mass is 414 g/mol. The summed E-state index contributed by atoms with van der Waals surface area (Å²) >= 11 is 0. The van der Waals surface area contributed by atoms with Crippen molar-refractivity contribution in [3.63, 3.8) is 0 Å². The molecule has 0 saturated carbocycles. The highest BCUT2D eigenvalue weighted by Gasteiger charge is 2.28. The van der Waals surface area contributed by atoms with Gasteiger partial charge in [-0.3, -0.25) is 4.90 Å². The maximum Gasteiger partial charge on any atom is 0.165 e. The van der Waals surface area contributed by atoms with Gasteiger partial charge in [-0.1, -0.05) is 60.7 Å². The average Bonchev–Trinajstić information content (AvgIpc) is 3.25. The largest absolute Gasteiger partial charge is 0.395 e. The van der Waals surface area contributed by atoms with Gasteiger partial charge in [-0.25, -0.2) is 15.0 Å². The predicted octanol–water partition coefficient (Wildman–Crippen LogP) is 2.73. The molecule has 0 unspecified atom stereocenters. The molecule has 7 nitrogen and oxygen atoms in total. The lowest BCUT2D eigenvalue weighted by Gasteiger charge is -2.40. The molecule has 2 aromatic carbocycles. The van der Waals surface area contributed by atoms with Gasteiger partial charge in [-0.2, -0.15) is 0 Å². The molecule has 4 aromatic rings. The summed E-state index contributed by atoms with van der Waals surface area (Å²) in [5, 5.41) is 9.28. The molecule has 0 bridgehead atoms. The van der Waals surface area contributed by atoms with Crippen molar-refractivity contribution >= 4 is 17.0 Å². The zero-order valence-electron chi connectivity index (χ0n) is 17.4. The summed E-state index contributed by atoms with van der Waals surface area (Å²) in [7, 11) is 0. The second-order valence-corrected chi connectivity index (χ2v) is 7.78. The van der Waals surface area contributed by atoms with Crippen molar-refractivity contribution in [1.82, 2.24) is 24.4 Å². The third-order valence-corrected chi connectivity index (χ3v) is 5.93. The second kappa shape index (κ2) is 8.83. The molecule has 0 spiro atoms. The van der Waals surface area contributed by atoms with Crippen molar-refractivity contribution in [2.75, 3.05) is 37.7 Å². The lowest BCUT2D eigenvalue weighted by Crippen LogP contribution is -2.48. The van der Waals surface area contributed by atoms with E-state index in [4.69, 9.17) is 0 Å². The first kappa shape index (κ1) is 19.7. The van der Waals surface area contributed by atoms with Gasteiger partial charge in [0.05, 0.1) is 19.0 Å². The molecule has 1 aliphatic heterocycles. The Bertz CT molecular complexity index is 1080. The Morgan fingerprint density at radius 2 is 1.45 bits per heavy atom. The fourth-order valence-corrected chi connectivity index (χ4v) is 4.45. The van der Waals surface area contributed by atoms with E-state index in [-0.39, 0.29) is 12.6 Å². The van der Waals surface area contributed by atoms with Crippen LogP contribution in [0.1, 0.15) is 17.2 Å². The van der Waals surface area contributed by atoms with E-state index < -0.39 is 0 Å². The molecule has 0 atom stereocenters.